The molecule has 3 unspecified atom stereocenters. The minimum Gasteiger partial charge on any atom is -0.353 e. The summed E-state index contributed by atoms with van der Waals surface area (Å²) in [5, 5.41) is 3.12. The lowest BCUT2D eigenvalue weighted by molar-refractivity contribution is -0.142. The molecule has 3 atom stereocenters. The SMILES string of the molecule is C=C(F)C/C(P)=C\C(F)=C(/C)CC(N)CC(=O)N1CCNC(=O)C1C. The summed E-state index contributed by atoms with van der Waals surface area (Å²) in [5.41, 5.74) is 6.35. The fourth-order valence-electron chi connectivity index (χ4n) is 2.59. The van der Waals surface area contributed by atoms with Crippen LogP contribution in [0, 0.1) is 0 Å². The van der Waals surface area contributed by atoms with E-state index < -0.39 is 23.7 Å². The molecule has 0 bridgehead atoms. The minimum atomic E-state index is -0.562. The molecule has 0 aromatic heterocycles. The number of hydrogen-bond donors (Lipinski definition) is 2. The van der Waals surface area contributed by atoms with E-state index in [0.29, 0.717) is 24.0 Å². The molecular weight excluding hydrogens is 347 g/mol. The Bertz CT molecular complexity index is 605. The monoisotopic (exact) mass is 373 g/mol. The molecule has 8 heteroatoms. The molecule has 1 heterocycles. The van der Waals surface area contributed by atoms with Gasteiger partial charge in [-0.2, -0.15) is 0 Å². The molecule has 0 spiro atoms. The maximum Gasteiger partial charge on any atom is 0.242 e. The van der Waals surface area contributed by atoms with Crippen LogP contribution in [0.5, 0.6) is 0 Å². The van der Waals surface area contributed by atoms with Gasteiger partial charge in [-0.25, -0.2) is 8.78 Å². The normalized spacial score (nSPS) is 20.7. The quantitative estimate of drug-likeness (QED) is 0.531. The van der Waals surface area contributed by atoms with Crippen molar-refractivity contribution >= 4 is 21.1 Å². The van der Waals surface area contributed by atoms with Crippen LogP contribution in [-0.4, -0.2) is 41.9 Å². The number of nitrogens with one attached hydrogen (secondary N) is 1. The van der Waals surface area contributed by atoms with Gasteiger partial charge in [0.15, 0.2) is 0 Å². The van der Waals surface area contributed by atoms with Gasteiger partial charge in [0.1, 0.15) is 11.9 Å². The van der Waals surface area contributed by atoms with E-state index in [2.05, 4.69) is 21.1 Å². The first kappa shape index (κ1) is 21.5. The van der Waals surface area contributed by atoms with Gasteiger partial charge in [0.2, 0.25) is 11.8 Å². The molecule has 0 saturated carbocycles. The van der Waals surface area contributed by atoms with Crippen molar-refractivity contribution in [2.45, 2.75) is 45.2 Å². The molecule has 1 fully saturated rings. The topological polar surface area (TPSA) is 75.4 Å². The number of halogens is 2. The number of allylic oxidation sites excluding steroid dienone is 4. The largest absolute Gasteiger partial charge is 0.353 e. The van der Waals surface area contributed by atoms with Crippen LogP contribution in [0.15, 0.2) is 35.2 Å². The third-order valence-electron chi connectivity index (χ3n) is 3.94. The number of carbonyl (C=O) groups is 2. The van der Waals surface area contributed by atoms with Gasteiger partial charge < -0.3 is 16.0 Å². The van der Waals surface area contributed by atoms with Crippen LogP contribution in [0.25, 0.3) is 0 Å². The zero-order valence-corrected chi connectivity index (χ0v) is 15.8. The Kier molecular flexibility index (Phi) is 8.39. The lowest BCUT2D eigenvalue weighted by atomic mass is 10.0. The molecule has 3 N–H and O–H groups in total. The Morgan fingerprint density at radius 1 is 1.52 bits per heavy atom. The van der Waals surface area contributed by atoms with Gasteiger partial charge in [0.25, 0.3) is 0 Å². The summed E-state index contributed by atoms with van der Waals surface area (Å²) in [6.45, 7) is 7.23. The van der Waals surface area contributed by atoms with Gasteiger partial charge in [-0.05, 0) is 37.2 Å². The summed E-state index contributed by atoms with van der Waals surface area (Å²) in [4.78, 5) is 25.4. The van der Waals surface area contributed by atoms with Crippen molar-refractivity contribution in [2.75, 3.05) is 13.1 Å². The van der Waals surface area contributed by atoms with Crippen molar-refractivity contribution in [3.63, 3.8) is 0 Å². The average molecular weight is 373 g/mol. The Morgan fingerprint density at radius 2 is 2.16 bits per heavy atom. The molecule has 0 aromatic rings. The molecule has 1 saturated heterocycles. The summed E-state index contributed by atoms with van der Waals surface area (Å²) < 4.78 is 26.8. The highest BCUT2D eigenvalue weighted by atomic mass is 31.0. The molecule has 25 heavy (non-hydrogen) atoms. The predicted molar refractivity (Wildman–Crippen MR) is 97.9 cm³/mol. The third kappa shape index (κ3) is 7.04. The van der Waals surface area contributed by atoms with E-state index in [1.54, 1.807) is 13.8 Å². The Hall–Kier alpha value is -1.59. The van der Waals surface area contributed by atoms with E-state index >= 15 is 0 Å². The van der Waals surface area contributed by atoms with Crippen LogP contribution in [-0.2, 0) is 9.59 Å². The van der Waals surface area contributed by atoms with Gasteiger partial charge >= 0.3 is 0 Å². The van der Waals surface area contributed by atoms with Crippen LogP contribution in [0.3, 0.4) is 0 Å². The van der Waals surface area contributed by atoms with E-state index in [9.17, 15) is 18.4 Å². The lowest BCUT2D eigenvalue weighted by Gasteiger charge is -2.33. The fraction of sp³-hybridized carbons (Fsp3) is 0.529. The van der Waals surface area contributed by atoms with Gasteiger partial charge in [-0.1, -0.05) is 6.58 Å². The number of nitrogens with zero attached hydrogens (tertiary/aromatic N) is 1. The molecule has 1 rings (SSSR count). The number of hydrogen-bond acceptors (Lipinski definition) is 3. The van der Waals surface area contributed by atoms with Crippen LogP contribution in [0.2, 0.25) is 0 Å². The second kappa shape index (κ2) is 9.78. The van der Waals surface area contributed by atoms with Crippen LogP contribution in [0.1, 0.15) is 33.1 Å². The molecule has 1 aliphatic heterocycles. The molecular formula is C17H26F2N3O2P. The molecule has 0 aromatic carbocycles. The molecule has 5 nitrogen and oxygen atoms in total. The predicted octanol–water partition coefficient (Wildman–Crippen LogP) is 2.32. The van der Waals surface area contributed by atoms with E-state index in [0.717, 1.165) is 0 Å². The number of nitrogens with two attached hydrogens (primary N) is 1. The lowest BCUT2D eigenvalue weighted by Crippen LogP contribution is -2.56. The molecule has 2 amide bonds. The minimum absolute atomic E-state index is 0.0287. The van der Waals surface area contributed by atoms with Gasteiger partial charge in [-0.3, -0.25) is 9.59 Å². The first-order chi connectivity index (χ1) is 11.6. The van der Waals surface area contributed by atoms with E-state index in [1.807, 2.05) is 0 Å². The zero-order chi connectivity index (χ0) is 19.1. The van der Waals surface area contributed by atoms with Crippen molar-refractivity contribution in [2.24, 2.45) is 5.73 Å². The van der Waals surface area contributed by atoms with Crippen LogP contribution < -0.4 is 11.1 Å². The number of carbonyl (C=O) groups excluding carboxylic acids is 2. The average Bonchev–Trinajstić information content (AvgIpc) is 2.48. The molecule has 140 valence electrons. The van der Waals surface area contributed by atoms with Crippen molar-refractivity contribution in [1.29, 1.82) is 0 Å². The zero-order valence-electron chi connectivity index (χ0n) is 14.6. The first-order valence-corrected chi connectivity index (χ1v) is 8.66. The third-order valence-corrected chi connectivity index (χ3v) is 4.31. The Balaban J connectivity index is 2.64. The fourth-order valence-corrected chi connectivity index (χ4v) is 2.95. The molecule has 1 aliphatic rings. The molecule has 0 radical (unpaired) electrons. The highest BCUT2D eigenvalue weighted by Gasteiger charge is 2.29. The Morgan fingerprint density at radius 3 is 2.76 bits per heavy atom. The van der Waals surface area contributed by atoms with Crippen molar-refractivity contribution in [3.05, 3.63) is 35.2 Å². The van der Waals surface area contributed by atoms with Crippen molar-refractivity contribution in [3.8, 4) is 0 Å². The van der Waals surface area contributed by atoms with E-state index in [4.69, 9.17) is 5.73 Å². The van der Waals surface area contributed by atoms with Crippen LogP contribution >= 0.6 is 9.24 Å². The summed E-state index contributed by atoms with van der Waals surface area (Å²) >= 11 is 0. The smallest absolute Gasteiger partial charge is 0.242 e. The van der Waals surface area contributed by atoms with Crippen molar-refractivity contribution in [1.82, 2.24) is 10.2 Å². The van der Waals surface area contributed by atoms with Crippen LogP contribution in [0.4, 0.5) is 8.78 Å². The Labute approximate surface area is 149 Å². The highest BCUT2D eigenvalue weighted by Crippen LogP contribution is 2.22. The summed E-state index contributed by atoms with van der Waals surface area (Å²) in [6, 6.07) is -1.09. The number of piperazine rings is 1. The standard InChI is InChI=1S/C17H26F2N3O2P/c1-10(15(19)9-14(25)7-11(2)18)6-13(20)8-16(23)22-5-4-21-17(24)12(22)3/h9,12-13H,2,4-8,20,25H2,1,3H3,(H,21,24)/b14-9+,15-10-. The first-order valence-electron chi connectivity index (χ1n) is 8.09. The number of amides is 2. The molecule has 0 aliphatic carbocycles. The van der Waals surface area contributed by atoms with Gasteiger partial charge in [0, 0.05) is 32.0 Å². The summed E-state index contributed by atoms with van der Waals surface area (Å²) in [5.74, 6) is -1.46. The summed E-state index contributed by atoms with van der Waals surface area (Å²) in [6.07, 6.45) is 1.39. The van der Waals surface area contributed by atoms with Gasteiger partial charge in [-0.15, -0.1) is 9.24 Å². The highest BCUT2D eigenvalue weighted by molar-refractivity contribution is 7.22. The van der Waals surface area contributed by atoms with E-state index in [1.165, 1.54) is 11.0 Å². The van der Waals surface area contributed by atoms with E-state index in [-0.39, 0.29) is 31.1 Å². The van der Waals surface area contributed by atoms with Crippen molar-refractivity contribution < 1.29 is 18.4 Å². The summed E-state index contributed by atoms with van der Waals surface area (Å²) in [7, 11) is 2.26. The number of rotatable bonds is 7. The maximum absolute atomic E-state index is 14.1. The second-order valence-corrected chi connectivity index (χ2v) is 7.01. The second-order valence-electron chi connectivity index (χ2n) is 6.26. The van der Waals surface area contributed by atoms with Gasteiger partial charge in [0.05, 0.1) is 5.83 Å². The maximum atomic E-state index is 14.1.